The van der Waals surface area contributed by atoms with Crippen molar-refractivity contribution in [3.05, 3.63) is 18.3 Å². The van der Waals surface area contributed by atoms with E-state index in [1.807, 2.05) is 33.2 Å². The minimum atomic E-state index is 0.422. The van der Waals surface area contributed by atoms with Gasteiger partial charge in [-0.25, -0.2) is 0 Å². The van der Waals surface area contributed by atoms with Crippen LogP contribution in [0.15, 0.2) is 22.7 Å². The first-order valence-electron chi connectivity index (χ1n) is 5.16. The highest BCUT2D eigenvalue weighted by atomic mass is 16.4. The maximum atomic E-state index is 5.38. The highest BCUT2D eigenvalue weighted by Crippen LogP contribution is 2.15. The molecule has 2 heterocycles. The molecule has 5 nitrogen and oxygen atoms in total. The number of pyridine rings is 1. The smallest absolute Gasteiger partial charge is 0.315 e. The Morgan fingerprint density at radius 3 is 2.88 bits per heavy atom. The molecule has 0 bridgehead atoms. The molecule has 0 saturated heterocycles. The van der Waals surface area contributed by atoms with Crippen LogP contribution in [-0.4, -0.2) is 29.0 Å². The molecule has 0 aliphatic rings. The van der Waals surface area contributed by atoms with Crippen LogP contribution < -0.4 is 10.8 Å². The monoisotopic (exact) mass is 215 g/mol. The van der Waals surface area contributed by atoms with Gasteiger partial charge in [-0.05, 0) is 13.0 Å². The lowest BCUT2D eigenvalue weighted by molar-refractivity contribution is 0.580. The molecule has 2 aromatic heterocycles. The first-order valence-corrected chi connectivity index (χ1v) is 5.16. The molecular formula is C10H12BN4O. The summed E-state index contributed by atoms with van der Waals surface area (Å²) in [5, 5.41) is 10.7. The second-order valence-electron chi connectivity index (χ2n) is 3.21. The summed E-state index contributed by atoms with van der Waals surface area (Å²) in [6.45, 7) is 4.68. The van der Waals surface area contributed by atoms with Crippen molar-refractivity contribution in [3.63, 3.8) is 0 Å². The average molecular weight is 215 g/mol. The van der Waals surface area contributed by atoms with Crippen molar-refractivity contribution in [2.75, 3.05) is 11.9 Å². The lowest BCUT2D eigenvalue weighted by atomic mass is 9.74. The zero-order valence-corrected chi connectivity index (χ0v) is 9.27. The molecule has 0 atom stereocenters. The molecule has 2 rings (SSSR count). The number of hydrogen-bond donors (Lipinski definition) is 1. The van der Waals surface area contributed by atoms with E-state index in [4.69, 9.17) is 4.42 Å². The molecule has 2 aromatic rings. The summed E-state index contributed by atoms with van der Waals surface area (Å²) >= 11 is 0. The normalized spacial score (nSPS) is 10.1. The van der Waals surface area contributed by atoms with E-state index in [2.05, 4.69) is 20.5 Å². The SMILES string of the molecule is C[B]c1ccc(-c2nnc(NCC)o2)nc1. The fraction of sp³-hybridized carbons (Fsp3) is 0.300. The van der Waals surface area contributed by atoms with E-state index in [9.17, 15) is 0 Å². The molecule has 0 amide bonds. The fourth-order valence-corrected chi connectivity index (χ4v) is 1.25. The number of anilines is 1. The van der Waals surface area contributed by atoms with Gasteiger partial charge in [0.05, 0.1) is 0 Å². The Kier molecular flexibility index (Phi) is 3.19. The minimum Gasteiger partial charge on any atom is -0.402 e. The summed E-state index contributed by atoms with van der Waals surface area (Å²) < 4.78 is 5.38. The van der Waals surface area contributed by atoms with Gasteiger partial charge in [0, 0.05) is 12.7 Å². The predicted molar refractivity (Wildman–Crippen MR) is 62.9 cm³/mol. The number of hydrogen-bond acceptors (Lipinski definition) is 5. The van der Waals surface area contributed by atoms with Crippen molar-refractivity contribution in [1.82, 2.24) is 15.2 Å². The van der Waals surface area contributed by atoms with E-state index in [1.54, 1.807) is 6.20 Å². The molecule has 0 fully saturated rings. The van der Waals surface area contributed by atoms with E-state index in [1.165, 1.54) is 0 Å². The van der Waals surface area contributed by atoms with Gasteiger partial charge >= 0.3 is 6.01 Å². The second kappa shape index (κ2) is 4.78. The van der Waals surface area contributed by atoms with Gasteiger partial charge < -0.3 is 9.73 Å². The molecular weight excluding hydrogens is 203 g/mol. The minimum absolute atomic E-state index is 0.422. The number of nitrogens with one attached hydrogen (secondary N) is 1. The molecule has 0 aromatic carbocycles. The Morgan fingerprint density at radius 2 is 2.25 bits per heavy atom. The molecule has 0 aliphatic carbocycles. The van der Waals surface area contributed by atoms with Gasteiger partial charge in [0.2, 0.25) is 0 Å². The molecule has 0 aliphatic heterocycles. The van der Waals surface area contributed by atoms with Gasteiger partial charge in [-0.1, -0.05) is 23.5 Å². The maximum absolute atomic E-state index is 5.38. The van der Waals surface area contributed by atoms with E-state index in [0.717, 1.165) is 12.0 Å². The summed E-state index contributed by atoms with van der Waals surface area (Å²) in [5.74, 6) is 0.429. The van der Waals surface area contributed by atoms with Crippen LogP contribution in [0.1, 0.15) is 6.92 Å². The van der Waals surface area contributed by atoms with Crippen molar-refractivity contribution < 1.29 is 4.42 Å². The Bertz CT molecular complexity index is 454. The third-order valence-corrected chi connectivity index (χ3v) is 2.09. The van der Waals surface area contributed by atoms with E-state index < -0.39 is 0 Å². The third kappa shape index (κ3) is 2.21. The van der Waals surface area contributed by atoms with Crippen molar-refractivity contribution in [1.29, 1.82) is 0 Å². The van der Waals surface area contributed by atoms with Crippen molar-refractivity contribution in [2.45, 2.75) is 13.7 Å². The van der Waals surface area contributed by atoms with Crippen LogP contribution in [0, 0.1) is 0 Å². The number of aromatic nitrogens is 3. The molecule has 81 valence electrons. The van der Waals surface area contributed by atoms with E-state index in [0.29, 0.717) is 17.6 Å². The third-order valence-electron chi connectivity index (χ3n) is 2.09. The van der Waals surface area contributed by atoms with E-state index in [-0.39, 0.29) is 0 Å². The van der Waals surface area contributed by atoms with Gasteiger partial charge in [0.25, 0.3) is 5.89 Å². The number of rotatable bonds is 4. The fourth-order valence-electron chi connectivity index (χ4n) is 1.25. The zero-order chi connectivity index (χ0) is 11.4. The van der Waals surface area contributed by atoms with Crippen LogP contribution in [0.4, 0.5) is 6.01 Å². The van der Waals surface area contributed by atoms with Gasteiger partial charge in [-0.15, -0.1) is 5.10 Å². The van der Waals surface area contributed by atoms with Crippen molar-refractivity contribution in [2.24, 2.45) is 0 Å². The molecule has 0 unspecified atom stereocenters. The Hall–Kier alpha value is -1.85. The first-order chi connectivity index (χ1) is 7.83. The largest absolute Gasteiger partial charge is 0.402 e. The van der Waals surface area contributed by atoms with Crippen molar-refractivity contribution >= 4 is 18.8 Å². The highest BCUT2D eigenvalue weighted by molar-refractivity contribution is 6.51. The topological polar surface area (TPSA) is 63.8 Å². The zero-order valence-electron chi connectivity index (χ0n) is 9.27. The molecule has 16 heavy (non-hydrogen) atoms. The van der Waals surface area contributed by atoms with Gasteiger partial charge in [0.15, 0.2) is 0 Å². The molecule has 6 heteroatoms. The lowest BCUT2D eigenvalue weighted by Gasteiger charge is -1.96. The van der Waals surface area contributed by atoms with Gasteiger partial charge in [-0.3, -0.25) is 4.98 Å². The summed E-state index contributed by atoms with van der Waals surface area (Å²) in [7, 11) is 1.98. The van der Waals surface area contributed by atoms with E-state index >= 15 is 0 Å². The predicted octanol–water partition coefficient (Wildman–Crippen LogP) is 0.941. The Morgan fingerprint density at radius 1 is 1.38 bits per heavy atom. The summed E-state index contributed by atoms with van der Waals surface area (Å²) in [6.07, 6.45) is 1.77. The first kappa shape index (κ1) is 10.7. The average Bonchev–Trinajstić information content (AvgIpc) is 2.78. The van der Waals surface area contributed by atoms with Gasteiger partial charge in [0.1, 0.15) is 13.0 Å². The van der Waals surface area contributed by atoms with Crippen LogP contribution in [0.5, 0.6) is 0 Å². The summed E-state index contributed by atoms with van der Waals surface area (Å²) in [4.78, 5) is 4.24. The lowest BCUT2D eigenvalue weighted by Crippen LogP contribution is -2.10. The van der Waals surface area contributed by atoms with Crippen LogP contribution in [0.3, 0.4) is 0 Å². The molecule has 0 saturated carbocycles. The highest BCUT2D eigenvalue weighted by Gasteiger charge is 2.08. The molecule has 0 spiro atoms. The standard InChI is InChI=1S/C10H12BN4O/c1-3-12-10-15-14-9(16-10)8-5-4-7(11-2)6-13-8/h4-6H,3H2,1-2H3,(H,12,15). The van der Waals surface area contributed by atoms with Gasteiger partial charge in [-0.2, -0.15) is 0 Å². The van der Waals surface area contributed by atoms with Crippen LogP contribution in [0.2, 0.25) is 6.82 Å². The summed E-state index contributed by atoms with van der Waals surface area (Å²) in [6, 6.07) is 4.24. The number of nitrogens with zero attached hydrogens (tertiary/aromatic N) is 3. The van der Waals surface area contributed by atoms with Crippen LogP contribution in [0.25, 0.3) is 11.6 Å². The molecule has 1 N–H and O–H groups in total. The van der Waals surface area contributed by atoms with Crippen LogP contribution in [-0.2, 0) is 0 Å². The maximum Gasteiger partial charge on any atom is 0.315 e. The Labute approximate surface area is 94.5 Å². The molecule has 1 radical (unpaired) electrons. The quantitative estimate of drug-likeness (QED) is 0.769. The second-order valence-corrected chi connectivity index (χ2v) is 3.21. The van der Waals surface area contributed by atoms with Crippen molar-refractivity contribution in [3.8, 4) is 11.6 Å². The Balaban J connectivity index is 2.21. The summed E-state index contributed by atoms with van der Waals surface area (Å²) in [5.41, 5.74) is 1.75. The van der Waals surface area contributed by atoms with Crippen LogP contribution >= 0.6 is 0 Å².